The van der Waals surface area contributed by atoms with E-state index < -0.39 is 6.09 Å². The van der Waals surface area contributed by atoms with Gasteiger partial charge in [-0.2, -0.15) is 4.31 Å². The molecule has 0 unspecified atom stereocenters. The van der Waals surface area contributed by atoms with Crippen LogP contribution in [0.4, 0.5) is 4.79 Å². The summed E-state index contributed by atoms with van der Waals surface area (Å²) in [6, 6.07) is 0. The molecule has 0 aliphatic heterocycles. The first-order valence-electron chi connectivity index (χ1n) is 2.32. The van der Waals surface area contributed by atoms with Gasteiger partial charge in [-0.05, 0) is 6.92 Å². The summed E-state index contributed by atoms with van der Waals surface area (Å²) in [5.41, 5.74) is 0. The van der Waals surface area contributed by atoms with Crippen molar-refractivity contribution in [2.24, 2.45) is 0 Å². The van der Waals surface area contributed by atoms with Crippen molar-refractivity contribution >= 4 is 25.3 Å². The average molecular weight is 149 g/mol. The monoisotopic (exact) mass is 149 g/mol. The van der Waals surface area contributed by atoms with Gasteiger partial charge in [0.25, 0.3) is 0 Å². The summed E-state index contributed by atoms with van der Waals surface area (Å²) < 4.78 is 4.91. The molecular weight excluding hydrogens is 142 g/mol. The van der Waals surface area contributed by atoms with E-state index >= 15 is 0 Å². The van der Waals surface area contributed by atoms with Gasteiger partial charge in [-0.1, -0.05) is 12.8 Å². The van der Waals surface area contributed by atoms with E-state index in [0.717, 1.165) is 0 Å². The Balaban J connectivity index is 3.58. The zero-order chi connectivity index (χ0) is 7.28. The summed E-state index contributed by atoms with van der Waals surface area (Å²) in [6.45, 7) is 1.88. The van der Waals surface area contributed by atoms with Crippen LogP contribution in [0, 0.1) is 0 Å². The fourth-order valence-corrected chi connectivity index (χ4v) is 0.290. The van der Waals surface area contributed by atoms with Crippen molar-refractivity contribution < 1.29 is 14.3 Å². The Bertz CT molecular complexity index is 116. The van der Waals surface area contributed by atoms with E-state index in [1.807, 2.05) is 0 Å². The first-order valence-corrected chi connectivity index (χ1v) is 2.72. The third-order valence-electron chi connectivity index (χ3n) is 0.555. The van der Waals surface area contributed by atoms with Crippen LogP contribution < -0.4 is 0 Å². The molecule has 0 heterocycles. The van der Waals surface area contributed by atoms with Gasteiger partial charge < -0.3 is 4.74 Å². The maximum Gasteiger partial charge on any atom is 0.426 e. The molecule has 0 aliphatic carbocycles. The SMILES string of the molecule is CCOC(=O)N(S)C=O. The second-order valence-corrected chi connectivity index (χ2v) is 1.58. The maximum atomic E-state index is 10.4. The Kier molecular flexibility index (Phi) is 3.87. The second kappa shape index (κ2) is 4.20. The molecule has 4 nitrogen and oxygen atoms in total. The lowest BCUT2D eigenvalue weighted by molar-refractivity contribution is -0.112. The number of nitrogens with zero attached hydrogens (tertiary/aromatic N) is 1. The predicted molar refractivity (Wildman–Crippen MR) is 33.9 cm³/mol. The molecule has 0 saturated heterocycles. The molecule has 0 aromatic carbocycles. The lowest BCUT2D eigenvalue weighted by Gasteiger charge is -2.04. The average Bonchev–Trinajstić information content (AvgIpc) is 1.87. The largest absolute Gasteiger partial charge is 0.449 e. The number of hydrogen-bond acceptors (Lipinski definition) is 4. The molecule has 52 valence electrons. The van der Waals surface area contributed by atoms with Crippen molar-refractivity contribution in [2.45, 2.75) is 6.92 Å². The number of ether oxygens (including phenoxy) is 1. The molecular formula is C4H7NO3S. The van der Waals surface area contributed by atoms with E-state index in [9.17, 15) is 9.59 Å². The van der Waals surface area contributed by atoms with Gasteiger partial charge in [0, 0.05) is 0 Å². The van der Waals surface area contributed by atoms with Gasteiger partial charge in [0.2, 0.25) is 6.41 Å². The van der Waals surface area contributed by atoms with Gasteiger partial charge >= 0.3 is 6.09 Å². The van der Waals surface area contributed by atoms with Crippen molar-refractivity contribution in [1.82, 2.24) is 4.31 Å². The molecule has 0 rings (SSSR count). The third kappa shape index (κ3) is 2.97. The number of amides is 2. The predicted octanol–water partition coefficient (Wildman–Crippen LogP) is 0.446. The second-order valence-electron chi connectivity index (χ2n) is 1.15. The Morgan fingerprint density at radius 2 is 2.44 bits per heavy atom. The van der Waals surface area contributed by atoms with Crippen molar-refractivity contribution in [1.29, 1.82) is 0 Å². The molecule has 0 radical (unpaired) electrons. The zero-order valence-corrected chi connectivity index (χ0v) is 5.80. The molecule has 0 bridgehead atoms. The number of imide groups is 1. The summed E-state index contributed by atoms with van der Waals surface area (Å²) in [4.78, 5) is 20.1. The fourth-order valence-electron chi connectivity index (χ4n) is 0.233. The summed E-state index contributed by atoms with van der Waals surface area (Å²) >= 11 is 3.45. The highest BCUT2D eigenvalue weighted by Crippen LogP contribution is 1.91. The summed E-state index contributed by atoms with van der Waals surface area (Å²) in [6.07, 6.45) is -0.489. The first kappa shape index (κ1) is 8.29. The minimum absolute atomic E-state index is 0.240. The topological polar surface area (TPSA) is 46.6 Å². The highest BCUT2D eigenvalue weighted by molar-refractivity contribution is 7.78. The number of carbonyl (C=O) groups is 2. The molecule has 0 saturated carbocycles. The van der Waals surface area contributed by atoms with E-state index in [1.54, 1.807) is 6.92 Å². The normalized spacial score (nSPS) is 8.22. The maximum absolute atomic E-state index is 10.4. The Morgan fingerprint density at radius 3 is 2.78 bits per heavy atom. The minimum atomic E-state index is -0.754. The number of carbonyl (C=O) groups excluding carboxylic acids is 2. The van der Waals surface area contributed by atoms with Crippen LogP contribution in [0.15, 0.2) is 0 Å². The molecule has 0 aromatic rings. The smallest absolute Gasteiger partial charge is 0.426 e. The van der Waals surface area contributed by atoms with E-state index in [4.69, 9.17) is 0 Å². The van der Waals surface area contributed by atoms with Crippen LogP contribution in [-0.2, 0) is 9.53 Å². The van der Waals surface area contributed by atoms with Crippen molar-refractivity contribution in [3.05, 3.63) is 0 Å². The highest BCUT2D eigenvalue weighted by Gasteiger charge is 2.06. The molecule has 0 atom stereocenters. The van der Waals surface area contributed by atoms with Crippen molar-refractivity contribution in [3.8, 4) is 0 Å². The summed E-state index contributed by atoms with van der Waals surface area (Å²) in [5.74, 6) is 0. The highest BCUT2D eigenvalue weighted by atomic mass is 32.1. The quantitative estimate of drug-likeness (QED) is 0.458. The molecule has 5 heteroatoms. The Labute approximate surface area is 58.3 Å². The van der Waals surface area contributed by atoms with Gasteiger partial charge in [0.15, 0.2) is 0 Å². The van der Waals surface area contributed by atoms with Crippen LogP contribution >= 0.6 is 12.8 Å². The van der Waals surface area contributed by atoms with Crippen LogP contribution in [0.5, 0.6) is 0 Å². The number of hydrogen-bond donors (Lipinski definition) is 1. The van der Waals surface area contributed by atoms with Gasteiger partial charge in [0.05, 0.1) is 6.61 Å². The fraction of sp³-hybridized carbons (Fsp3) is 0.500. The minimum Gasteiger partial charge on any atom is -0.449 e. The third-order valence-corrected chi connectivity index (χ3v) is 0.812. The van der Waals surface area contributed by atoms with E-state index in [0.29, 0.717) is 4.31 Å². The summed E-state index contributed by atoms with van der Waals surface area (Å²) in [7, 11) is 0. The van der Waals surface area contributed by atoms with Crippen LogP contribution in [0.1, 0.15) is 6.92 Å². The molecule has 9 heavy (non-hydrogen) atoms. The van der Waals surface area contributed by atoms with Crippen LogP contribution in [-0.4, -0.2) is 23.4 Å². The van der Waals surface area contributed by atoms with Gasteiger partial charge in [0.1, 0.15) is 0 Å². The molecule has 0 spiro atoms. The zero-order valence-electron chi connectivity index (χ0n) is 4.90. The van der Waals surface area contributed by atoms with Crippen LogP contribution in [0.3, 0.4) is 0 Å². The van der Waals surface area contributed by atoms with Crippen LogP contribution in [0.25, 0.3) is 0 Å². The molecule has 2 amide bonds. The van der Waals surface area contributed by atoms with Gasteiger partial charge in [-0.25, -0.2) is 4.79 Å². The van der Waals surface area contributed by atoms with Crippen molar-refractivity contribution in [2.75, 3.05) is 6.61 Å². The first-order chi connectivity index (χ1) is 4.22. The molecule has 0 aromatic heterocycles. The Morgan fingerprint density at radius 1 is 1.89 bits per heavy atom. The lowest BCUT2D eigenvalue weighted by Crippen LogP contribution is -2.20. The summed E-state index contributed by atoms with van der Waals surface area (Å²) in [5, 5.41) is 0. The Hall–Kier alpha value is -0.710. The molecule has 0 aliphatic rings. The van der Waals surface area contributed by atoms with E-state index in [2.05, 4.69) is 17.6 Å². The van der Waals surface area contributed by atoms with Crippen molar-refractivity contribution in [3.63, 3.8) is 0 Å². The van der Waals surface area contributed by atoms with Gasteiger partial charge in [-0.15, -0.1) is 0 Å². The number of rotatable bonds is 2. The van der Waals surface area contributed by atoms with Gasteiger partial charge in [-0.3, -0.25) is 4.79 Å². The van der Waals surface area contributed by atoms with E-state index in [1.165, 1.54) is 0 Å². The lowest BCUT2D eigenvalue weighted by atomic mass is 10.9. The number of thiol groups is 1. The molecule has 0 fully saturated rings. The van der Waals surface area contributed by atoms with Crippen LogP contribution in [0.2, 0.25) is 0 Å². The molecule has 0 N–H and O–H groups in total. The standard InChI is InChI=1S/C4H7NO3S/c1-2-8-4(7)5(9)3-6/h3,9H,2H2,1H3. The van der Waals surface area contributed by atoms with E-state index in [-0.39, 0.29) is 13.0 Å².